The van der Waals surface area contributed by atoms with E-state index in [9.17, 15) is 0 Å². The van der Waals surface area contributed by atoms with E-state index in [1.165, 1.54) is 0 Å². The summed E-state index contributed by atoms with van der Waals surface area (Å²) in [5.41, 5.74) is 0. The van der Waals surface area contributed by atoms with E-state index in [1.54, 1.807) is 14.2 Å². The first-order valence-corrected chi connectivity index (χ1v) is 5.55. The highest BCUT2D eigenvalue weighted by Gasteiger charge is 2.17. The Labute approximate surface area is 88.2 Å². The summed E-state index contributed by atoms with van der Waals surface area (Å²) in [4.78, 5) is 0. The maximum absolute atomic E-state index is 5.44. The van der Waals surface area contributed by atoms with Crippen molar-refractivity contribution in [1.29, 1.82) is 0 Å². The molecule has 0 aromatic rings. The van der Waals surface area contributed by atoms with Crippen molar-refractivity contribution in [3.8, 4) is 0 Å². The number of hydrogen-bond donors (Lipinski definition) is 1. The predicted molar refractivity (Wildman–Crippen MR) is 59.7 cm³/mol. The van der Waals surface area contributed by atoms with E-state index in [4.69, 9.17) is 9.47 Å². The largest absolute Gasteiger partial charge is 0.385 e. The number of hydrogen-bond acceptors (Lipinski definition) is 3. The number of ether oxygens (including phenoxy) is 2. The zero-order valence-corrected chi connectivity index (χ0v) is 10.0. The Bertz CT molecular complexity index is 116. The van der Waals surface area contributed by atoms with Crippen LogP contribution in [0.25, 0.3) is 0 Å². The van der Waals surface area contributed by atoms with Crippen LogP contribution >= 0.6 is 0 Å². The molecule has 14 heavy (non-hydrogen) atoms. The second kappa shape index (κ2) is 9.44. The van der Waals surface area contributed by atoms with E-state index < -0.39 is 0 Å². The molecule has 0 rings (SSSR count). The smallest absolute Gasteiger partial charge is 0.0721 e. The molecule has 0 amide bonds. The summed E-state index contributed by atoms with van der Waals surface area (Å²) in [7, 11) is 3.53. The topological polar surface area (TPSA) is 30.5 Å². The van der Waals surface area contributed by atoms with Crippen molar-refractivity contribution in [1.82, 2.24) is 5.32 Å². The van der Waals surface area contributed by atoms with E-state index in [0.29, 0.717) is 12.1 Å². The molecule has 0 fully saturated rings. The summed E-state index contributed by atoms with van der Waals surface area (Å²) in [6.07, 6.45) is 3.59. The van der Waals surface area contributed by atoms with Crippen molar-refractivity contribution in [3.05, 3.63) is 0 Å². The van der Waals surface area contributed by atoms with Gasteiger partial charge in [-0.2, -0.15) is 0 Å². The van der Waals surface area contributed by atoms with Crippen molar-refractivity contribution in [2.45, 2.75) is 45.3 Å². The number of methoxy groups -OCH3 is 2. The fourth-order valence-electron chi connectivity index (χ4n) is 1.74. The Morgan fingerprint density at radius 3 is 2.36 bits per heavy atom. The Morgan fingerprint density at radius 1 is 1.21 bits per heavy atom. The van der Waals surface area contributed by atoms with Gasteiger partial charge in [0, 0.05) is 26.9 Å². The second-order valence-corrected chi connectivity index (χ2v) is 3.48. The Kier molecular flexibility index (Phi) is 9.35. The van der Waals surface area contributed by atoms with Crippen molar-refractivity contribution < 1.29 is 9.47 Å². The third-order valence-corrected chi connectivity index (χ3v) is 2.48. The van der Waals surface area contributed by atoms with E-state index in [1.807, 2.05) is 0 Å². The summed E-state index contributed by atoms with van der Waals surface area (Å²) < 4.78 is 10.5. The molecule has 2 atom stereocenters. The third-order valence-electron chi connectivity index (χ3n) is 2.48. The average molecular weight is 203 g/mol. The van der Waals surface area contributed by atoms with Crippen LogP contribution in [0.2, 0.25) is 0 Å². The minimum absolute atomic E-state index is 0.326. The molecule has 0 aromatic carbocycles. The SMILES string of the molecule is CCNC(CCCOC)C(CC)OC. The van der Waals surface area contributed by atoms with Gasteiger partial charge in [0.15, 0.2) is 0 Å². The Morgan fingerprint density at radius 2 is 1.93 bits per heavy atom. The lowest BCUT2D eigenvalue weighted by atomic mass is 10.0. The molecule has 1 N–H and O–H groups in total. The summed E-state index contributed by atoms with van der Waals surface area (Å²) in [6, 6.07) is 0.463. The third kappa shape index (κ3) is 5.58. The Balaban J connectivity index is 3.85. The minimum Gasteiger partial charge on any atom is -0.385 e. The molecular weight excluding hydrogens is 178 g/mol. The van der Waals surface area contributed by atoms with Gasteiger partial charge in [0.1, 0.15) is 0 Å². The van der Waals surface area contributed by atoms with Gasteiger partial charge >= 0.3 is 0 Å². The molecule has 3 nitrogen and oxygen atoms in total. The fraction of sp³-hybridized carbons (Fsp3) is 1.00. The van der Waals surface area contributed by atoms with Crippen LogP contribution in [-0.2, 0) is 9.47 Å². The first-order valence-electron chi connectivity index (χ1n) is 5.55. The predicted octanol–water partition coefficient (Wildman–Crippen LogP) is 1.82. The summed E-state index contributed by atoms with van der Waals surface area (Å²) in [6.45, 7) is 6.13. The van der Waals surface area contributed by atoms with Crippen LogP contribution in [0.1, 0.15) is 33.1 Å². The molecule has 3 heteroatoms. The molecule has 0 saturated carbocycles. The van der Waals surface area contributed by atoms with E-state index >= 15 is 0 Å². The number of likely N-dealkylation sites (N-methyl/N-ethyl adjacent to an activating group) is 1. The molecule has 0 aromatic heterocycles. The van der Waals surface area contributed by atoms with Crippen LogP contribution in [0, 0.1) is 0 Å². The zero-order valence-electron chi connectivity index (χ0n) is 10.0. The molecule has 0 aliphatic carbocycles. The van der Waals surface area contributed by atoms with Gasteiger partial charge in [0.05, 0.1) is 6.10 Å². The van der Waals surface area contributed by atoms with E-state index in [2.05, 4.69) is 19.2 Å². The van der Waals surface area contributed by atoms with Crippen molar-refractivity contribution in [2.75, 3.05) is 27.4 Å². The monoisotopic (exact) mass is 203 g/mol. The zero-order chi connectivity index (χ0) is 10.8. The molecule has 0 spiro atoms. The normalized spacial score (nSPS) is 15.4. The lowest BCUT2D eigenvalue weighted by Gasteiger charge is -2.25. The van der Waals surface area contributed by atoms with Gasteiger partial charge in [-0.3, -0.25) is 0 Å². The first kappa shape index (κ1) is 13.9. The highest BCUT2D eigenvalue weighted by atomic mass is 16.5. The highest BCUT2D eigenvalue weighted by molar-refractivity contribution is 4.75. The lowest BCUT2D eigenvalue weighted by molar-refractivity contribution is 0.0593. The molecule has 86 valence electrons. The van der Waals surface area contributed by atoms with Gasteiger partial charge in [0.25, 0.3) is 0 Å². The van der Waals surface area contributed by atoms with Crippen molar-refractivity contribution in [2.24, 2.45) is 0 Å². The van der Waals surface area contributed by atoms with Crippen LogP contribution in [0.5, 0.6) is 0 Å². The van der Waals surface area contributed by atoms with Gasteiger partial charge in [0.2, 0.25) is 0 Å². The van der Waals surface area contributed by atoms with Crippen LogP contribution in [0.3, 0.4) is 0 Å². The van der Waals surface area contributed by atoms with Gasteiger partial charge in [-0.05, 0) is 25.8 Å². The summed E-state index contributed by atoms with van der Waals surface area (Å²) in [5.74, 6) is 0. The van der Waals surface area contributed by atoms with Gasteiger partial charge in [-0.1, -0.05) is 13.8 Å². The maximum atomic E-state index is 5.44. The standard InChI is InChI=1S/C11H25NO2/c1-5-11(14-4)10(12-6-2)8-7-9-13-3/h10-12H,5-9H2,1-4H3. The molecule has 0 heterocycles. The molecule has 0 bridgehead atoms. The average Bonchev–Trinajstić information content (AvgIpc) is 2.20. The van der Waals surface area contributed by atoms with Gasteiger partial charge < -0.3 is 14.8 Å². The second-order valence-electron chi connectivity index (χ2n) is 3.48. The van der Waals surface area contributed by atoms with Gasteiger partial charge in [-0.25, -0.2) is 0 Å². The number of nitrogens with one attached hydrogen (secondary N) is 1. The van der Waals surface area contributed by atoms with Crippen molar-refractivity contribution in [3.63, 3.8) is 0 Å². The van der Waals surface area contributed by atoms with Crippen LogP contribution in [0.15, 0.2) is 0 Å². The van der Waals surface area contributed by atoms with E-state index in [-0.39, 0.29) is 0 Å². The van der Waals surface area contributed by atoms with Gasteiger partial charge in [-0.15, -0.1) is 0 Å². The molecule has 0 aliphatic heterocycles. The highest BCUT2D eigenvalue weighted by Crippen LogP contribution is 2.09. The number of rotatable bonds is 9. The molecular formula is C11H25NO2. The minimum atomic E-state index is 0.326. The molecule has 0 saturated heterocycles. The lowest BCUT2D eigenvalue weighted by Crippen LogP contribution is -2.40. The van der Waals surface area contributed by atoms with Crippen LogP contribution in [-0.4, -0.2) is 39.5 Å². The quantitative estimate of drug-likeness (QED) is 0.580. The van der Waals surface area contributed by atoms with Crippen LogP contribution in [0.4, 0.5) is 0 Å². The molecule has 2 unspecified atom stereocenters. The Hall–Kier alpha value is -0.120. The summed E-state index contributed by atoms with van der Waals surface area (Å²) in [5, 5.41) is 3.46. The maximum Gasteiger partial charge on any atom is 0.0721 e. The van der Waals surface area contributed by atoms with Crippen LogP contribution < -0.4 is 5.32 Å². The summed E-state index contributed by atoms with van der Waals surface area (Å²) >= 11 is 0. The molecule has 0 aliphatic rings. The fourth-order valence-corrected chi connectivity index (χ4v) is 1.74. The van der Waals surface area contributed by atoms with E-state index in [0.717, 1.165) is 32.4 Å². The molecule has 0 radical (unpaired) electrons. The van der Waals surface area contributed by atoms with Crippen molar-refractivity contribution >= 4 is 0 Å². The first-order chi connectivity index (χ1) is 6.79.